The number of nitrogens with zero attached hydrogens (tertiary/aromatic N) is 1. The monoisotopic (exact) mass is 367 g/mol. The lowest BCUT2D eigenvalue weighted by atomic mass is 10.2. The molecule has 1 saturated heterocycles. The number of halogens is 1. The predicted octanol–water partition coefficient (Wildman–Crippen LogP) is 2.08. The summed E-state index contributed by atoms with van der Waals surface area (Å²) in [5.74, 6) is 4.80. The third-order valence-corrected chi connectivity index (χ3v) is 3.76. The minimum atomic E-state index is 0. The van der Waals surface area contributed by atoms with Crippen molar-refractivity contribution in [2.75, 3.05) is 25.4 Å². The van der Waals surface area contributed by atoms with E-state index < -0.39 is 0 Å². The lowest BCUT2D eigenvalue weighted by Crippen LogP contribution is -2.38. The van der Waals surface area contributed by atoms with Crippen molar-refractivity contribution < 1.29 is 0 Å². The van der Waals surface area contributed by atoms with Crippen LogP contribution in [-0.4, -0.2) is 36.6 Å². The maximum absolute atomic E-state index is 5.21. The van der Waals surface area contributed by atoms with E-state index in [1.165, 1.54) is 18.6 Å². The second-order valence-electron chi connectivity index (χ2n) is 3.74. The molecule has 1 rings (SSSR count). The predicted molar refractivity (Wildman–Crippen MR) is 88.3 cm³/mol. The van der Waals surface area contributed by atoms with E-state index in [1.54, 1.807) is 0 Å². The SMILES string of the molecule is C#CCCNC(=NCC1CCCS1)NCC.I. The van der Waals surface area contributed by atoms with E-state index in [9.17, 15) is 0 Å². The fraction of sp³-hybridized carbons (Fsp3) is 0.750. The summed E-state index contributed by atoms with van der Waals surface area (Å²) in [5.41, 5.74) is 0. The summed E-state index contributed by atoms with van der Waals surface area (Å²) in [6.45, 7) is 4.67. The molecule has 1 atom stereocenters. The Morgan fingerprint density at radius 2 is 2.35 bits per heavy atom. The van der Waals surface area contributed by atoms with Crippen molar-refractivity contribution in [2.45, 2.75) is 31.4 Å². The first kappa shape index (κ1) is 16.9. The standard InChI is InChI=1S/C12H21N3S.HI/c1-3-5-8-14-12(13-4-2)15-10-11-7-6-9-16-11;/h1,11H,4-10H2,2H3,(H2,13,14,15);1H. The molecule has 0 aliphatic carbocycles. The van der Waals surface area contributed by atoms with Gasteiger partial charge in [0.25, 0.3) is 0 Å². The van der Waals surface area contributed by atoms with Crippen LogP contribution < -0.4 is 10.6 Å². The normalized spacial score (nSPS) is 19.3. The molecule has 0 bridgehead atoms. The Hall–Kier alpha value is -0.0900. The van der Waals surface area contributed by atoms with E-state index in [0.29, 0.717) is 5.25 Å². The number of rotatable bonds is 5. The Bertz CT molecular complexity index is 257. The molecule has 0 aromatic heterocycles. The zero-order chi connectivity index (χ0) is 11.6. The molecular weight excluding hydrogens is 345 g/mol. The van der Waals surface area contributed by atoms with Crippen LogP contribution in [0.15, 0.2) is 4.99 Å². The van der Waals surface area contributed by atoms with Crippen LogP contribution in [0.4, 0.5) is 0 Å². The Kier molecular flexibility index (Phi) is 11.0. The van der Waals surface area contributed by atoms with Gasteiger partial charge < -0.3 is 10.6 Å². The van der Waals surface area contributed by atoms with Crippen LogP contribution in [0.1, 0.15) is 26.2 Å². The summed E-state index contributed by atoms with van der Waals surface area (Å²) in [5, 5.41) is 7.17. The molecule has 1 aliphatic rings. The fourth-order valence-corrected chi connectivity index (χ4v) is 2.76. The third kappa shape index (κ3) is 7.77. The van der Waals surface area contributed by atoms with Gasteiger partial charge in [-0.05, 0) is 25.5 Å². The van der Waals surface area contributed by atoms with E-state index in [-0.39, 0.29) is 24.0 Å². The Balaban J connectivity index is 0.00000256. The molecule has 0 spiro atoms. The van der Waals surface area contributed by atoms with Crippen molar-refractivity contribution in [3.8, 4) is 12.3 Å². The van der Waals surface area contributed by atoms with Crippen LogP contribution >= 0.6 is 35.7 Å². The molecule has 0 amide bonds. The van der Waals surface area contributed by atoms with Gasteiger partial charge in [0.1, 0.15) is 0 Å². The number of terminal acetylenes is 1. The highest BCUT2D eigenvalue weighted by atomic mass is 127. The molecule has 1 unspecified atom stereocenters. The van der Waals surface area contributed by atoms with Crippen LogP contribution in [0.2, 0.25) is 0 Å². The Morgan fingerprint density at radius 3 is 2.94 bits per heavy atom. The van der Waals surface area contributed by atoms with E-state index in [0.717, 1.165) is 32.0 Å². The summed E-state index contributed by atoms with van der Waals surface area (Å²) >= 11 is 2.04. The van der Waals surface area contributed by atoms with Gasteiger partial charge in [-0.3, -0.25) is 4.99 Å². The minimum Gasteiger partial charge on any atom is -0.357 e. The maximum atomic E-state index is 5.21. The summed E-state index contributed by atoms with van der Waals surface area (Å²) < 4.78 is 0. The molecule has 0 radical (unpaired) electrons. The molecular formula is C12H22IN3S. The van der Waals surface area contributed by atoms with Gasteiger partial charge in [0.2, 0.25) is 0 Å². The molecule has 3 nitrogen and oxygen atoms in total. The topological polar surface area (TPSA) is 36.4 Å². The van der Waals surface area contributed by atoms with Crippen molar-refractivity contribution in [3.63, 3.8) is 0 Å². The smallest absolute Gasteiger partial charge is 0.191 e. The highest BCUT2D eigenvalue weighted by molar-refractivity contribution is 14.0. The molecule has 0 aromatic carbocycles. The highest BCUT2D eigenvalue weighted by Crippen LogP contribution is 2.25. The zero-order valence-electron chi connectivity index (χ0n) is 10.4. The van der Waals surface area contributed by atoms with E-state index >= 15 is 0 Å². The molecule has 0 aromatic rings. The van der Waals surface area contributed by atoms with E-state index in [1.807, 2.05) is 11.8 Å². The first-order valence-electron chi connectivity index (χ1n) is 5.94. The molecule has 5 heteroatoms. The van der Waals surface area contributed by atoms with Crippen molar-refractivity contribution in [1.29, 1.82) is 0 Å². The molecule has 1 aliphatic heterocycles. The number of guanidine groups is 1. The molecule has 1 fully saturated rings. The lowest BCUT2D eigenvalue weighted by molar-refractivity contribution is 0.765. The van der Waals surface area contributed by atoms with Crippen LogP contribution in [0.25, 0.3) is 0 Å². The number of aliphatic imine (C=N–C) groups is 1. The zero-order valence-corrected chi connectivity index (χ0v) is 13.5. The Labute approximate surface area is 126 Å². The second kappa shape index (κ2) is 11.0. The average molecular weight is 367 g/mol. The number of hydrogen-bond acceptors (Lipinski definition) is 2. The molecule has 98 valence electrons. The van der Waals surface area contributed by atoms with Crippen molar-refractivity contribution in [2.24, 2.45) is 4.99 Å². The van der Waals surface area contributed by atoms with Gasteiger partial charge in [0.15, 0.2) is 5.96 Å². The largest absolute Gasteiger partial charge is 0.357 e. The first-order chi connectivity index (χ1) is 7.86. The van der Waals surface area contributed by atoms with Crippen molar-refractivity contribution >= 4 is 41.7 Å². The number of nitrogens with one attached hydrogen (secondary N) is 2. The van der Waals surface area contributed by atoms with Gasteiger partial charge in [0, 0.05) is 24.8 Å². The molecule has 1 heterocycles. The quantitative estimate of drug-likeness (QED) is 0.257. The van der Waals surface area contributed by atoms with Crippen LogP contribution in [0.5, 0.6) is 0 Å². The van der Waals surface area contributed by atoms with E-state index in [2.05, 4.69) is 28.5 Å². The summed E-state index contributed by atoms with van der Waals surface area (Å²) in [6.07, 6.45) is 8.59. The third-order valence-electron chi connectivity index (χ3n) is 2.38. The highest BCUT2D eigenvalue weighted by Gasteiger charge is 2.14. The van der Waals surface area contributed by atoms with Gasteiger partial charge in [-0.25, -0.2) is 0 Å². The van der Waals surface area contributed by atoms with Gasteiger partial charge in [0.05, 0.1) is 6.54 Å². The number of hydrogen-bond donors (Lipinski definition) is 2. The lowest BCUT2D eigenvalue weighted by Gasteiger charge is -2.11. The molecule has 17 heavy (non-hydrogen) atoms. The fourth-order valence-electron chi connectivity index (χ4n) is 1.58. The van der Waals surface area contributed by atoms with Crippen LogP contribution in [-0.2, 0) is 0 Å². The average Bonchev–Trinajstić information content (AvgIpc) is 2.79. The molecule has 2 N–H and O–H groups in total. The Morgan fingerprint density at radius 1 is 1.53 bits per heavy atom. The number of thioether (sulfide) groups is 1. The summed E-state index contributed by atoms with van der Waals surface area (Å²) in [4.78, 5) is 4.57. The van der Waals surface area contributed by atoms with Gasteiger partial charge >= 0.3 is 0 Å². The minimum absolute atomic E-state index is 0. The second-order valence-corrected chi connectivity index (χ2v) is 5.14. The maximum Gasteiger partial charge on any atom is 0.191 e. The van der Waals surface area contributed by atoms with Crippen molar-refractivity contribution in [3.05, 3.63) is 0 Å². The van der Waals surface area contributed by atoms with Crippen LogP contribution in [0.3, 0.4) is 0 Å². The van der Waals surface area contributed by atoms with Crippen molar-refractivity contribution in [1.82, 2.24) is 10.6 Å². The summed E-state index contributed by atoms with van der Waals surface area (Å²) in [7, 11) is 0. The van der Waals surface area contributed by atoms with Gasteiger partial charge in [-0.15, -0.1) is 36.3 Å². The summed E-state index contributed by atoms with van der Waals surface area (Å²) in [6, 6.07) is 0. The van der Waals surface area contributed by atoms with E-state index in [4.69, 9.17) is 6.42 Å². The molecule has 0 saturated carbocycles. The van der Waals surface area contributed by atoms with Gasteiger partial charge in [-0.2, -0.15) is 11.8 Å². The van der Waals surface area contributed by atoms with Gasteiger partial charge in [-0.1, -0.05) is 0 Å². The van der Waals surface area contributed by atoms with Crippen LogP contribution in [0, 0.1) is 12.3 Å². The first-order valence-corrected chi connectivity index (χ1v) is 6.99.